The lowest BCUT2D eigenvalue weighted by molar-refractivity contribution is -0.138. The van der Waals surface area contributed by atoms with E-state index >= 15 is 0 Å². The Morgan fingerprint density at radius 1 is 1.40 bits per heavy atom. The van der Waals surface area contributed by atoms with Crippen LogP contribution in [-0.2, 0) is 9.53 Å². The van der Waals surface area contributed by atoms with Gasteiger partial charge in [0.2, 0.25) is 0 Å². The summed E-state index contributed by atoms with van der Waals surface area (Å²) in [6.07, 6.45) is 1.54. The minimum atomic E-state index is -0.839. The average molecular weight is 286 g/mol. The lowest BCUT2D eigenvalue weighted by atomic mass is 10.2. The van der Waals surface area contributed by atoms with Crippen LogP contribution in [0.2, 0.25) is 0 Å². The second kappa shape index (κ2) is 6.92. The summed E-state index contributed by atoms with van der Waals surface area (Å²) >= 11 is 0. The highest BCUT2D eigenvalue weighted by molar-refractivity contribution is 5.69. The Kier molecular flexibility index (Phi) is 5.80. The van der Waals surface area contributed by atoms with Crippen LogP contribution in [0.15, 0.2) is 0 Å². The smallest absolute Gasteiger partial charge is 0.410 e. The molecule has 1 aliphatic rings. The van der Waals surface area contributed by atoms with Crippen molar-refractivity contribution in [1.82, 2.24) is 9.80 Å². The molecule has 0 aromatic carbocycles. The lowest BCUT2D eigenvalue weighted by Crippen LogP contribution is -2.46. The summed E-state index contributed by atoms with van der Waals surface area (Å²) in [4.78, 5) is 26.5. The molecule has 1 atom stereocenters. The number of ether oxygens (including phenoxy) is 1. The van der Waals surface area contributed by atoms with Crippen LogP contribution in [0.25, 0.3) is 0 Å². The number of aliphatic carboxylic acids is 1. The Balaban J connectivity index is 2.60. The zero-order chi connectivity index (χ0) is 15.3. The molecular weight excluding hydrogens is 260 g/mol. The van der Waals surface area contributed by atoms with Gasteiger partial charge in [-0.1, -0.05) is 6.92 Å². The number of rotatable bonds is 5. The quantitative estimate of drug-likeness (QED) is 0.834. The lowest BCUT2D eigenvalue weighted by Gasteiger charge is -2.31. The third kappa shape index (κ3) is 5.36. The number of carbonyl (C=O) groups is 2. The predicted molar refractivity (Wildman–Crippen MR) is 75.7 cm³/mol. The van der Waals surface area contributed by atoms with Gasteiger partial charge in [0.25, 0.3) is 0 Å². The van der Waals surface area contributed by atoms with Crippen LogP contribution in [0, 0.1) is 0 Å². The van der Waals surface area contributed by atoms with Gasteiger partial charge >= 0.3 is 12.1 Å². The first-order valence-corrected chi connectivity index (χ1v) is 7.16. The molecule has 6 nitrogen and oxygen atoms in total. The Morgan fingerprint density at radius 2 is 2.05 bits per heavy atom. The number of likely N-dealkylation sites (N-methyl/N-ethyl adjacent to an activating group) is 1. The number of hydrogen-bond acceptors (Lipinski definition) is 4. The largest absolute Gasteiger partial charge is 0.480 e. The molecule has 0 bridgehead atoms. The van der Waals surface area contributed by atoms with E-state index in [1.807, 2.05) is 32.6 Å². The number of carboxylic acid groups (broad SMARTS) is 1. The second-order valence-electron chi connectivity index (χ2n) is 6.19. The van der Waals surface area contributed by atoms with Crippen molar-refractivity contribution in [2.24, 2.45) is 0 Å². The van der Waals surface area contributed by atoms with Gasteiger partial charge in [-0.2, -0.15) is 0 Å². The first-order valence-electron chi connectivity index (χ1n) is 7.16. The fraction of sp³-hybridized carbons (Fsp3) is 0.857. The van der Waals surface area contributed by atoms with Crippen molar-refractivity contribution in [3.05, 3.63) is 0 Å². The van der Waals surface area contributed by atoms with E-state index in [2.05, 4.69) is 0 Å². The molecule has 6 heteroatoms. The third-order valence-electron chi connectivity index (χ3n) is 3.28. The van der Waals surface area contributed by atoms with Crippen LogP contribution >= 0.6 is 0 Å². The number of hydrogen-bond donors (Lipinski definition) is 1. The average Bonchev–Trinajstić information content (AvgIpc) is 2.73. The molecule has 0 aromatic rings. The SMILES string of the molecule is CCN(CC(=O)O)C[C@H]1CCCN1C(=O)OC(C)(C)C. The van der Waals surface area contributed by atoms with Gasteiger partial charge in [0.05, 0.1) is 6.54 Å². The van der Waals surface area contributed by atoms with Crippen molar-refractivity contribution in [2.45, 2.75) is 52.2 Å². The predicted octanol–water partition coefficient (Wildman–Crippen LogP) is 1.79. The van der Waals surface area contributed by atoms with Gasteiger partial charge in [0, 0.05) is 19.1 Å². The Labute approximate surface area is 120 Å². The minimum Gasteiger partial charge on any atom is -0.480 e. The molecule has 1 heterocycles. The molecule has 0 unspecified atom stereocenters. The molecule has 0 aliphatic carbocycles. The molecule has 1 amide bonds. The Morgan fingerprint density at radius 3 is 2.55 bits per heavy atom. The standard InChI is InChI=1S/C14H26N2O4/c1-5-15(10-12(17)18)9-11-7-6-8-16(11)13(19)20-14(2,3)4/h11H,5-10H2,1-4H3,(H,17,18)/t11-/m1/s1. The molecule has 0 spiro atoms. The molecule has 0 aromatic heterocycles. The van der Waals surface area contributed by atoms with Crippen LogP contribution in [0.4, 0.5) is 4.79 Å². The maximum Gasteiger partial charge on any atom is 0.410 e. The maximum atomic E-state index is 12.1. The van der Waals surface area contributed by atoms with Crippen LogP contribution in [0.5, 0.6) is 0 Å². The number of nitrogens with zero attached hydrogens (tertiary/aromatic N) is 2. The zero-order valence-corrected chi connectivity index (χ0v) is 12.9. The van der Waals surface area contributed by atoms with Gasteiger partial charge in [-0.3, -0.25) is 9.69 Å². The topological polar surface area (TPSA) is 70.1 Å². The van der Waals surface area contributed by atoms with Gasteiger partial charge in [-0.05, 0) is 40.2 Å². The Hall–Kier alpha value is -1.30. The van der Waals surface area contributed by atoms with E-state index < -0.39 is 11.6 Å². The molecule has 1 fully saturated rings. The maximum absolute atomic E-state index is 12.1. The van der Waals surface area contributed by atoms with Gasteiger partial charge in [0.15, 0.2) is 0 Å². The van der Waals surface area contributed by atoms with Crippen LogP contribution in [0.1, 0.15) is 40.5 Å². The van der Waals surface area contributed by atoms with Gasteiger partial charge < -0.3 is 14.7 Å². The van der Waals surface area contributed by atoms with E-state index in [1.54, 1.807) is 4.90 Å². The van der Waals surface area contributed by atoms with E-state index in [0.717, 1.165) is 12.8 Å². The zero-order valence-electron chi connectivity index (χ0n) is 12.9. The van der Waals surface area contributed by atoms with Crippen molar-refractivity contribution in [3.8, 4) is 0 Å². The molecule has 0 saturated carbocycles. The summed E-state index contributed by atoms with van der Waals surface area (Å²) in [7, 11) is 0. The second-order valence-corrected chi connectivity index (χ2v) is 6.19. The van der Waals surface area contributed by atoms with Crippen molar-refractivity contribution < 1.29 is 19.4 Å². The van der Waals surface area contributed by atoms with Crippen LogP contribution in [-0.4, -0.2) is 64.8 Å². The molecular formula is C14H26N2O4. The van der Waals surface area contributed by atoms with E-state index in [4.69, 9.17) is 9.84 Å². The molecule has 1 aliphatic heterocycles. The van der Waals surface area contributed by atoms with Gasteiger partial charge in [0.1, 0.15) is 5.60 Å². The van der Waals surface area contributed by atoms with E-state index in [-0.39, 0.29) is 18.7 Å². The monoisotopic (exact) mass is 286 g/mol. The molecule has 1 N–H and O–H groups in total. The highest BCUT2D eigenvalue weighted by Crippen LogP contribution is 2.21. The molecule has 20 heavy (non-hydrogen) atoms. The highest BCUT2D eigenvalue weighted by Gasteiger charge is 2.33. The minimum absolute atomic E-state index is 0.00909. The fourth-order valence-corrected chi connectivity index (χ4v) is 2.38. The van der Waals surface area contributed by atoms with E-state index in [0.29, 0.717) is 19.6 Å². The molecule has 1 saturated heterocycles. The fourth-order valence-electron chi connectivity index (χ4n) is 2.38. The summed E-state index contributed by atoms with van der Waals surface area (Å²) in [6.45, 7) is 9.40. The highest BCUT2D eigenvalue weighted by atomic mass is 16.6. The Bertz CT molecular complexity index is 352. The normalized spacial score (nSPS) is 19.4. The number of carbonyl (C=O) groups excluding carboxylic acids is 1. The number of likely N-dealkylation sites (tertiary alicyclic amines) is 1. The number of amides is 1. The van der Waals surface area contributed by atoms with Crippen LogP contribution in [0.3, 0.4) is 0 Å². The first kappa shape index (κ1) is 16.8. The molecule has 1 rings (SSSR count). The van der Waals surface area contributed by atoms with Crippen LogP contribution < -0.4 is 0 Å². The van der Waals surface area contributed by atoms with Crippen molar-refractivity contribution in [1.29, 1.82) is 0 Å². The summed E-state index contributed by atoms with van der Waals surface area (Å²) in [5.74, 6) is -0.839. The molecule has 0 radical (unpaired) electrons. The first-order chi connectivity index (χ1) is 9.23. The van der Waals surface area contributed by atoms with Crippen molar-refractivity contribution in [3.63, 3.8) is 0 Å². The summed E-state index contributed by atoms with van der Waals surface area (Å²) < 4.78 is 5.40. The van der Waals surface area contributed by atoms with Gasteiger partial charge in [-0.25, -0.2) is 4.79 Å². The van der Waals surface area contributed by atoms with Crippen molar-refractivity contribution in [2.75, 3.05) is 26.2 Å². The molecule has 116 valence electrons. The van der Waals surface area contributed by atoms with E-state index in [1.165, 1.54) is 0 Å². The summed E-state index contributed by atoms with van der Waals surface area (Å²) in [6, 6.07) is 0.0455. The summed E-state index contributed by atoms with van der Waals surface area (Å²) in [5.41, 5.74) is -0.504. The third-order valence-corrected chi connectivity index (χ3v) is 3.28. The summed E-state index contributed by atoms with van der Waals surface area (Å²) in [5, 5.41) is 8.87. The van der Waals surface area contributed by atoms with E-state index in [9.17, 15) is 9.59 Å². The number of carboxylic acids is 1. The van der Waals surface area contributed by atoms with Gasteiger partial charge in [-0.15, -0.1) is 0 Å². The van der Waals surface area contributed by atoms with Crippen molar-refractivity contribution >= 4 is 12.1 Å².